The van der Waals surface area contributed by atoms with Gasteiger partial charge in [-0.1, -0.05) is 0 Å². The van der Waals surface area contributed by atoms with Gasteiger partial charge in [0.15, 0.2) is 0 Å². The largest absolute Gasteiger partial charge is 0.393 e. The standard InChI is InChI=1S/C8H14O2/c1-5(9)6-2-3-7-8(4-6)10-7/h5-9H,2-4H2,1H3. The summed E-state index contributed by atoms with van der Waals surface area (Å²) in [6, 6.07) is 0. The van der Waals surface area contributed by atoms with Gasteiger partial charge >= 0.3 is 0 Å². The van der Waals surface area contributed by atoms with E-state index in [1.165, 1.54) is 6.42 Å². The van der Waals surface area contributed by atoms with Crippen LogP contribution >= 0.6 is 0 Å². The second kappa shape index (κ2) is 2.21. The molecule has 0 aromatic heterocycles. The third kappa shape index (κ3) is 1.06. The average Bonchev–Trinajstić information content (AvgIpc) is 2.63. The molecule has 0 bridgehead atoms. The number of aliphatic hydroxyl groups excluding tert-OH is 1. The Bertz CT molecular complexity index is 133. The zero-order chi connectivity index (χ0) is 7.14. The van der Waals surface area contributed by atoms with Crippen LogP contribution in [0.15, 0.2) is 0 Å². The lowest BCUT2D eigenvalue weighted by atomic mass is 9.86. The van der Waals surface area contributed by atoms with E-state index in [-0.39, 0.29) is 6.10 Å². The number of aliphatic hydroxyl groups is 1. The van der Waals surface area contributed by atoms with Crippen molar-refractivity contribution in [1.29, 1.82) is 0 Å². The van der Waals surface area contributed by atoms with Crippen molar-refractivity contribution in [2.45, 2.75) is 44.5 Å². The highest BCUT2D eigenvalue weighted by atomic mass is 16.6. The molecular weight excluding hydrogens is 128 g/mol. The minimum atomic E-state index is -0.134. The van der Waals surface area contributed by atoms with E-state index in [4.69, 9.17) is 4.74 Å². The molecule has 58 valence electrons. The van der Waals surface area contributed by atoms with E-state index in [0.717, 1.165) is 12.8 Å². The summed E-state index contributed by atoms with van der Waals surface area (Å²) in [7, 11) is 0. The van der Waals surface area contributed by atoms with Crippen molar-refractivity contribution >= 4 is 0 Å². The second-order valence-electron chi connectivity index (χ2n) is 3.53. The minimum absolute atomic E-state index is 0.134. The summed E-state index contributed by atoms with van der Waals surface area (Å²) in [6.07, 6.45) is 4.34. The van der Waals surface area contributed by atoms with Crippen molar-refractivity contribution in [3.8, 4) is 0 Å². The van der Waals surface area contributed by atoms with Crippen LogP contribution in [0.25, 0.3) is 0 Å². The predicted octanol–water partition coefficient (Wildman–Crippen LogP) is 0.935. The fourth-order valence-electron chi connectivity index (χ4n) is 1.87. The van der Waals surface area contributed by atoms with E-state index >= 15 is 0 Å². The van der Waals surface area contributed by atoms with Crippen molar-refractivity contribution in [2.24, 2.45) is 5.92 Å². The molecule has 2 aliphatic rings. The lowest BCUT2D eigenvalue weighted by Crippen LogP contribution is -2.23. The third-order valence-corrected chi connectivity index (χ3v) is 2.73. The Kier molecular flexibility index (Phi) is 1.46. The molecule has 0 spiro atoms. The van der Waals surface area contributed by atoms with Crippen LogP contribution < -0.4 is 0 Å². The molecule has 1 saturated carbocycles. The number of hydrogen-bond donors (Lipinski definition) is 1. The molecule has 1 saturated heterocycles. The van der Waals surface area contributed by atoms with Crippen molar-refractivity contribution < 1.29 is 9.84 Å². The lowest BCUT2D eigenvalue weighted by molar-refractivity contribution is 0.106. The first-order valence-electron chi connectivity index (χ1n) is 4.11. The fraction of sp³-hybridized carbons (Fsp3) is 1.00. The van der Waals surface area contributed by atoms with Crippen LogP contribution in [0.5, 0.6) is 0 Å². The summed E-state index contributed by atoms with van der Waals surface area (Å²) >= 11 is 0. The molecule has 0 radical (unpaired) electrons. The van der Waals surface area contributed by atoms with Gasteiger partial charge < -0.3 is 9.84 Å². The number of epoxide rings is 1. The van der Waals surface area contributed by atoms with Gasteiger partial charge in [0.1, 0.15) is 0 Å². The van der Waals surface area contributed by atoms with Crippen LogP contribution in [-0.4, -0.2) is 23.4 Å². The highest BCUT2D eigenvalue weighted by Gasteiger charge is 2.44. The minimum Gasteiger partial charge on any atom is -0.393 e. The van der Waals surface area contributed by atoms with Crippen molar-refractivity contribution in [2.75, 3.05) is 0 Å². The first-order valence-corrected chi connectivity index (χ1v) is 4.11. The second-order valence-corrected chi connectivity index (χ2v) is 3.53. The maximum Gasteiger partial charge on any atom is 0.0845 e. The van der Waals surface area contributed by atoms with E-state index in [1.54, 1.807) is 0 Å². The van der Waals surface area contributed by atoms with Crippen LogP contribution in [-0.2, 0) is 4.74 Å². The smallest absolute Gasteiger partial charge is 0.0845 e. The Labute approximate surface area is 61.2 Å². The Morgan fingerprint density at radius 1 is 1.40 bits per heavy atom. The van der Waals surface area contributed by atoms with Gasteiger partial charge in [-0.2, -0.15) is 0 Å². The SMILES string of the molecule is CC(O)C1CCC2OC2C1. The molecule has 1 aliphatic heterocycles. The van der Waals surface area contributed by atoms with Gasteiger partial charge in [0.25, 0.3) is 0 Å². The normalized spacial score (nSPS) is 48.0. The molecule has 2 heteroatoms. The van der Waals surface area contributed by atoms with Crippen molar-refractivity contribution in [3.05, 3.63) is 0 Å². The summed E-state index contributed by atoms with van der Waals surface area (Å²) in [6.45, 7) is 1.88. The topological polar surface area (TPSA) is 32.8 Å². The molecule has 0 aromatic carbocycles. The lowest BCUT2D eigenvalue weighted by Gasteiger charge is -2.20. The molecule has 2 nitrogen and oxygen atoms in total. The number of hydrogen-bond acceptors (Lipinski definition) is 2. The molecule has 2 rings (SSSR count). The number of rotatable bonds is 1. The summed E-state index contributed by atoms with van der Waals surface area (Å²) in [4.78, 5) is 0. The molecule has 1 heterocycles. The first-order chi connectivity index (χ1) is 4.77. The van der Waals surface area contributed by atoms with Crippen LogP contribution in [0.4, 0.5) is 0 Å². The van der Waals surface area contributed by atoms with Crippen molar-refractivity contribution in [3.63, 3.8) is 0 Å². The molecule has 4 atom stereocenters. The average molecular weight is 142 g/mol. The molecule has 0 aromatic rings. The summed E-state index contributed by atoms with van der Waals surface area (Å²) < 4.78 is 5.35. The highest BCUT2D eigenvalue weighted by Crippen LogP contribution is 2.40. The molecule has 0 amide bonds. The molecule has 1 aliphatic carbocycles. The van der Waals surface area contributed by atoms with Gasteiger partial charge in [0.05, 0.1) is 18.3 Å². The van der Waals surface area contributed by atoms with E-state index in [9.17, 15) is 5.11 Å². The van der Waals surface area contributed by atoms with Crippen LogP contribution in [0, 0.1) is 5.92 Å². The Hall–Kier alpha value is -0.0800. The molecule has 10 heavy (non-hydrogen) atoms. The van der Waals surface area contributed by atoms with Crippen LogP contribution in [0.2, 0.25) is 0 Å². The maximum atomic E-state index is 9.26. The zero-order valence-electron chi connectivity index (χ0n) is 6.29. The van der Waals surface area contributed by atoms with Gasteiger partial charge in [-0.3, -0.25) is 0 Å². The third-order valence-electron chi connectivity index (χ3n) is 2.73. The van der Waals surface area contributed by atoms with Gasteiger partial charge in [-0.15, -0.1) is 0 Å². The van der Waals surface area contributed by atoms with Gasteiger partial charge in [-0.05, 0) is 32.1 Å². The monoisotopic (exact) mass is 142 g/mol. The Balaban J connectivity index is 1.88. The summed E-state index contributed by atoms with van der Waals surface area (Å²) in [5, 5.41) is 9.26. The van der Waals surface area contributed by atoms with E-state index in [1.807, 2.05) is 6.92 Å². The van der Waals surface area contributed by atoms with E-state index < -0.39 is 0 Å². The Morgan fingerprint density at radius 2 is 2.20 bits per heavy atom. The van der Waals surface area contributed by atoms with E-state index in [2.05, 4.69) is 0 Å². The highest BCUT2D eigenvalue weighted by molar-refractivity contribution is 4.92. The number of ether oxygens (including phenoxy) is 1. The molecule has 2 fully saturated rings. The van der Waals surface area contributed by atoms with Crippen LogP contribution in [0.3, 0.4) is 0 Å². The Morgan fingerprint density at radius 3 is 2.80 bits per heavy atom. The van der Waals surface area contributed by atoms with Gasteiger partial charge in [0.2, 0.25) is 0 Å². The molecule has 1 N–H and O–H groups in total. The zero-order valence-corrected chi connectivity index (χ0v) is 6.29. The van der Waals surface area contributed by atoms with Gasteiger partial charge in [-0.25, -0.2) is 0 Å². The first kappa shape index (κ1) is 6.62. The maximum absolute atomic E-state index is 9.26. The van der Waals surface area contributed by atoms with Crippen LogP contribution in [0.1, 0.15) is 26.2 Å². The van der Waals surface area contributed by atoms with E-state index in [0.29, 0.717) is 18.1 Å². The van der Waals surface area contributed by atoms with Gasteiger partial charge in [0, 0.05) is 0 Å². The molecule has 4 unspecified atom stereocenters. The summed E-state index contributed by atoms with van der Waals surface area (Å²) in [5.74, 6) is 0.503. The fourth-order valence-corrected chi connectivity index (χ4v) is 1.87. The quantitative estimate of drug-likeness (QED) is 0.552. The van der Waals surface area contributed by atoms with Crippen molar-refractivity contribution in [1.82, 2.24) is 0 Å². The number of fused-ring (bicyclic) bond motifs is 1. The predicted molar refractivity (Wildman–Crippen MR) is 37.7 cm³/mol. The summed E-state index contributed by atoms with van der Waals surface area (Å²) in [5.41, 5.74) is 0. The molecular formula is C8H14O2.